The molecule has 2 fully saturated rings. The Balaban J connectivity index is 0.617. The highest BCUT2D eigenvalue weighted by Gasteiger charge is 2.52. The SMILES string of the molecule is O=C(CCCCCNC(=O)COc1ccc(C=CC2=[N+]3C(=Cc4ccc(-c5cccs5)n4[B-]3(F)F)C=C2)cc1)NCCN1CCN(c2nc(N3CCOCC3)nc(-n3c(C(F)F)nc4ccccc43)n2)CC1. The van der Waals surface area contributed by atoms with Crippen LogP contribution in [0.2, 0.25) is 0 Å². The van der Waals surface area contributed by atoms with Crippen LogP contribution in [0.1, 0.15) is 49.2 Å². The number of hydrogen-bond donors (Lipinski definition) is 2. The molecule has 0 radical (unpaired) electrons. The van der Waals surface area contributed by atoms with Crippen molar-refractivity contribution in [2.24, 2.45) is 0 Å². The van der Waals surface area contributed by atoms with Gasteiger partial charge in [-0.15, -0.1) is 11.3 Å². The number of alkyl halides is 2. The van der Waals surface area contributed by atoms with Crippen molar-refractivity contribution < 1.29 is 41.0 Å². The summed E-state index contributed by atoms with van der Waals surface area (Å²) in [5.74, 6) is 0.678. The first-order valence-corrected chi connectivity index (χ1v) is 25.1. The van der Waals surface area contributed by atoms with Crippen molar-refractivity contribution in [3.8, 4) is 22.3 Å². The Bertz CT molecular complexity index is 3040. The zero-order chi connectivity index (χ0) is 49.6. The van der Waals surface area contributed by atoms with Crippen molar-refractivity contribution in [2.45, 2.75) is 32.1 Å². The van der Waals surface area contributed by atoms with Crippen LogP contribution < -0.4 is 25.2 Å². The monoisotopic (exact) mass is 1000 g/mol. The fraction of sp³-hybridized carbons (Fsp3) is 0.340. The number of thiophene rings is 1. The number of carbonyl (C=O) groups is 2. The van der Waals surface area contributed by atoms with Crippen molar-refractivity contribution in [2.75, 3.05) is 88.5 Å². The lowest BCUT2D eigenvalue weighted by Crippen LogP contribution is -2.50. The Labute approximate surface area is 417 Å². The molecule has 0 aliphatic carbocycles. The third-order valence-corrected chi connectivity index (χ3v) is 13.9. The topological polar surface area (TPSA) is 151 Å². The van der Waals surface area contributed by atoms with Gasteiger partial charge in [0.05, 0.1) is 24.2 Å². The number of allylic oxidation sites excluding steroid dienone is 3. The van der Waals surface area contributed by atoms with Gasteiger partial charge in [-0.3, -0.25) is 19.1 Å². The molecule has 4 aromatic heterocycles. The van der Waals surface area contributed by atoms with E-state index in [0.717, 1.165) is 25.8 Å². The molecule has 8 heterocycles. The summed E-state index contributed by atoms with van der Waals surface area (Å²) in [4.78, 5) is 50.6. The van der Waals surface area contributed by atoms with Gasteiger partial charge in [-0.2, -0.15) is 15.0 Å². The minimum absolute atomic E-state index is 0.0275. The number of aromatic nitrogens is 6. The number of fused-ring (bicyclic) bond motifs is 3. The van der Waals surface area contributed by atoms with E-state index in [2.05, 4.69) is 25.5 Å². The van der Waals surface area contributed by atoms with Crippen LogP contribution in [0, 0.1) is 0 Å². The summed E-state index contributed by atoms with van der Waals surface area (Å²) in [5.41, 5.74) is 3.48. The molecular weight excluding hydrogens is 952 g/mol. The van der Waals surface area contributed by atoms with Crippen LogP contribution in [0.3, 0.4) is 0 Å². The van der Waals surface area contributed by atoms with Gasteiger partial charge in [0, 0.05) is 106 Å². The predicted molar refractivity (Wildman–Crippen MR) is 270 cm³/mol. The Kier molecular flexibility index (Phi) is 14.6. The van der Waals surface area contributed by atoms with E-state index < -0.39 is 19.2 Å². The molecule has 2 saturated heterocycles. The second-order valence-corrected chi connectivity index (χ2v) is 18.7. The number of rotatable bonds is 19. The largest absolute Gasteiger partial charge is 0.737 e. The minimum Gasteiger partial charge on any atom is -0.484 e. The Morgan fingerprint density at radius 2 is 1.54 bits per heavy atom. The summed E-state index contributed by atoms with van der Waals surface area (Å²) in [6, 6.07) is 21.2. The van der Waals surface area contributed by atoms with Gasteiger partial charge in [-0.25, -0.2) is 13.8 Å². The molecule has 0 bridgehead atoms. The molecule has 22 heteroatoms. The maximum Gasteiger partial charge on any atom is 0.737 e. The third kappa shape index (κ3) is 10.7. The van der Waals surface area contributed by atoms with E-state index in [0.29, 0.717) is 143 Å². The lowest BCUT2D eigenvalue weighted by Gasteiger charge is -2.35. The van der Waals surface area contributed by atoms with Crippen LogP contribution in [-0.2, 0) is 14.3 Å². The number of halogens is 4. The average Bonchev–Trinajstić information content (AvgIpc) is 4.24. The van der Waals surface area contributed by atoms with Crippen LogP contribution >= 0.6 is 11.3 Å². The molecule has 2 N–H and O–H groups in total. The number of piperazine rings is 1. The van der Waals surface area contributed by atoms with E-state index >= 15 is 8.63 Å². The van der Waals surface area contributed by atoms with Gasteiger partial charge in [0.1, 0.15) is 5.75 Å². The summed E-state index contributed by atoms with van der Waals surface area (Å²) >= 11 is 1.43. The highest BCUT2D eigenvalue weighted by atomic mass is 32.1. The number of nitrogens with zero attached hydrogens (tertiary/aromatic N) is 10. The number of benzene rings is 2. The van der Waals surface area contributed by atoms with Crippen molar-refractivity contribution in [1.82, 2.24) is 44.5 Å². The summed E-state index contributed by atoms with van der Waals surface area (Å²) in [5, 5.41) is 7.75. The van der Waals surface area contributed by atoms with Crippen molar-refractivity contribution in [3.63, 3.8) is 0 Å². The number of morpholine rings is 1. The Hall–Kier alpha value is -7.17. The molecule has 10 rings (SSSR count). The number of carbonyl (C=O) groups excluding carboxylic acids is 2. The van der Waals surface area contributed by atoms with Gasteiger partial charge in [0.15, 0.2) is 23.8 Å². The fourth-order valence-electron chi connectivity index (χ4n) is 9.29. The average molecular weight is 1000 g/mol. The number of unbranched alkanes of at least 4 members (excludes halogenated alkanes) is 2. The highest BCUT2D eigenvalue weighted by Crippen LogP contribution is 2.38. The molecule has 4 aliphatic heterocycles. The fourth-order valence-corrected chi connectivity index (χ4v) is 10.0. The van der Waals surface area contributed by atoms with E-state index in [1.165, 1.54) is 15.9 Å². The molecular formula is C50H53BF4N12O4S. The molecule has 2 amide bonds. The second-order valence-electron chi connectivity index (χ2n) is 17.7. The van der Waals surface area contributed by atoms with Gasteiger partial charge in [-0.1, -0.05) is 36.8 Å². The van der Waals surface area contributed by atoms with Gasteiger partial charge in [-0.05, 0) is 72.3 Å². The van der Waals surface area contributed by atoms with Gasteiger partial charge in [0.25, 0.3) is 12.3 Å². The van der Waals surface area contributed by atoms with Crippen molar-refractivity contribution in [3.05, 3.63) is 119 Å². The minimum atomic E-state index is -4.14. The lowest BCUT2D eigenvalue weighted by atomic mass is 9.90. The first-order valence-electron chi connectivity index (χ1n) is 24.2. The molecule has 0 spiro atoms. The summed E-state index contributed by atoms with van der Waals surface area (Å²) in [6.45, 7) is 2.05. The number of nitrogens with one attached hydrogen (secondary N) is 2. The van der Waals surface area contributed by atoms with Gasteiger partial charge in [0.2, 0.25) is 23.8 Å². The summed E-state index contributed by atoms with van der Waals surface area (Å²) in [6.07, 6.45) is 8.33. The molecule has 0 atom stereocenters. The molecule has 4 aliphatic rings. The van der Waals surface area contributed by atoms with Crippen LogP contribution in [-0.4, -0.2) is 142 Å². The molecule has 72 heavy (non-hydrogen) atoms. The molecule has 6 aromatic rings. The van der Waals surface area contributed by atoms with Gasteiger partial charge >= 0.3 is 6.97 Å². The Morgan fingerprint density at radius 3 is 2.31 bits per heavy atom. The van der Waals surface area contributed by atoms with Crippen LogP contribution in [0.4, 0.5) is 29.3 Å². The number of hydrogen-bond acceptors (Lipinski definition) is 12. The lowest BCUT2D eigenvalue weighted by molar-refractivity contribution is -0.359. The molecule has 374 valence electrons. The van der Waals surface area contributed by atoms with Crippen LogP contribution in [0.25, 0.3) is 39.7 Å². The maximum absolute atomic E-state index is 16.2. The molecule has 0 unspecified atom stereocenters. The van der Waals surface area contributed by atoms with E-state index in [4.69, 9.17) is 19.4 Å². The summed E-state index contributed by atoms with van der Waals surface area (Å²) < 4.78 is 75.7. The van der Waals surface area contributed by atoms with Crippen LogP contribution in [0.5, 0.6) is 5.75 Å². The first-order chi connectivity index (χ1) is 35.1. The number of ether oxygens (including phenoxy) is 2. The standard InChI is InChI=1S/C50H53BF4N12O4S/c52-46(53)47-58-40-7-3-4-8-41(40)65(47)50-60-48(59-49(61-50)64-28-30-70-31-29-64)63-26-24-62(25-27-63)23-22-57-44(68)10-2-1-5-21-56-45(69)34-71-39-18-12-35(13-19-39)11-14-36-15-16-37-33-38-17-20-42(43-9-6-32-72-43)67(38)51(54,55)66(36)37/h3-4,6-9,11-20,32-33,46H,1-2,5,10,21-31,34H2,(H,56,69)(H,57,68). The van der Waals surface area contributed by atoms with Crippen molar-refractivity contribution >= 4 is 70.9 Å². The second kappa shape index (κ2) is 21.7. The number of anilines is 2. The quantitative estimate of drug-likeness (QED) is 0.0500. The molecule has 16 nitrogen and oxygen atoms in total. The first kappa shape index (κ1) is 48.5. The number of imidazole rings is 1. The summed E-state index contributed by atoms with van der Waals surface area (Å²) in [7, 11) is 0. The van der Waals surface area contributed by atoms with E-state index in [1.54, 1.807) is 91.0 Å². The van der Waals surface area contributed by atoms with Gasteiger partial charge < -0.3 is 47.5 Å². The number of para-hydroxylation sites is 2. The highest BCUT2D eigenvalue weighted by molar-refractivity contribution is 7.13. The van der Waals surface area contributed by atoms with Crippen molar-refractivity contribution in [1.29, 1.82) is 0 Å². The molecule has 2 aromatic carbocycles. The normalized spacial score (nSPS) is 16.7. The zero-order valence-electron chi connectivity index (χ0n) is 39.4. The zero-order valence-corrected chi connectivity index (χ0v) is 40.2. The number of amides is 2. The van der Waals surface area contributed by atoms with E-state index in [1.807, 2.05) is 27.3 Å². The van der Waals surface area contributed by atoms with Crippen LogP contribution in [0.15, 0.2) is 102 Å². The smallest absolute Gasteiger partial charge is 0.484 e. The van der Waals surface area contributed by atoms with E-state index in [-0.39, 0.29) is 24.4 Å². The predicted octanol–water partition coefficient (Wildman–Crippen LogP) is 6.82. The van der Waals surface area contributed by atoms with E-state index in [9.17, 15) is 18.4 Å². The maximum atomic E-state index is 16.2. The molecule has 0 saturated carbocycles. The Morgan fingerprint density at radius 1 is 0.792 bits per heavy atom. The third-order valence-electron chi connectivity index (χ3n) is 13.0.